The maximum atomic E-state index is 11.9. The Morgan fingerprint density at radius 2 is 2.29 bits per heavy atom. The summed E-state index contributed by atoms with van der Waals surface area (Å²) in [6, 6.07) is -1.00. The summed E-state index contributed by atoms with van der Waals surface area (Å²) in [4.78, 5) is 27.9. The van der Waals surface area contributed by atoms with Gasteiger partial charge in [-0.15, -0.1) is 0 Å². The minimum absolute atomic E-state index is 0.0299. The molecule has 1 amide bonds. The molecular formula is C9H11N3O5. The van der Waals surface area contributed by atoms with Gasteiger partial charge < -0.3 is 19.3 Å². The van der Waals surface area contributed by atoms with Gasteiger partial charge in [-0.1, -0.05) is 5.16 Å². The van der Waals surface area contributed by atoms with E-state index >= 15 is 0 Å². The van der Waals surface area contributed by atoms with Crippen LogP contribution in [0.5, 0.6) is 0 Å². The molecule has 2 heterocycles. The smallest absolute Gasteiger partial charge is 0.328 e. The van der Waals surface area contributed by atoms with Gasteiger partial charge in [0.05, 0.1) is 13.2 Å². The van der Waals surface area contributed by atoms with Gasteiger partial charge in [-0.25, -0.2) is 4.79 Å². The summed E-state index contributed by atoms with van der Waals surface area (Å²) >= 11 is 0. The molecular weight excluding hydrogens is 230 g/mol. The van der Waals surface area contributed by atoms with Gasteiger partial charge in [-0.3, -0.25) is 4.79 Å². The zero-order valence-electron chi connectivity index (χ0n) is 9.12. The Hall–Kier alpha value is -1.96. The van der Waals surface area contributed by atoms with E-state index in [0.717, 1.165) is 0 Å². The highest BCUT2D eigenvalue weighted by Crippen LogP contribution is 2.11. The fourth-order valence-electron chi connectivity index (χ4n) is 1.57. The number of carboxylic acid groups (broad SMARTS) is 1. The first-order valence-corrected chi connectivity index (χ1v) is 5.01. The molecule has 0 saturated carbocycles. The van der Waals surface area contributed by atoms with Crippen molar-refractivity contribution in [3.05, 3.63) is 11.7 Å². The van der Waals surface area contributed by atoms with Crippen molar-refractivity contribution in [2.75, 3.05) is 19.8 Å². The summed E-state index contributed by atoms with van der Waals surface area (Å²) in [7, 11) is 0. The monoisotopic (exact) mass is 241 g/mol. The number of carboxylic acids is 1. The van der Waals surface area contributed by atoms with E-state index in [4.69, 9.17) is 9.84 Å². The molecule has 1 aromatic heterocycles. The molecule has 0 bridgehead atoms. The Balaban J connectivity index is 2.19. The number of carbonyl (C=O) groups is 2. The van der Waals surface area contributed by atoms with Gasteiger partial charge in [0.25, 0.3) is 11.7 Å². The largest absolute Gasteiger partial charge is 0.480 e. The van der Waals surface area contributed by atoms with Gasteiger partial charge in [0, 0.05) is 13.5 Å². The maximum absolute atomic E-state index is 11.9. The van der Waals surface area contributed by atoms with Crippen LogP contribution in [0.25, 0.3) is 0 Å². The standard InChI is InChI=1S/C9H11N3O5/c1-5-10-7(11-17-5)8(13)12-2-3-16-4-6(12)9(14)15/h6H,2-4H2,1H3,(H,14,15). The van der Waals surface area contributed by atoms with Crippen LogP contribution in [0.3, 0.4) is 0 Å². The molecule has 0 aliphatic carbocycles. The molecule has 8 nitrogen and oxygen atoms in total. The molecule has 1 saturated heterocycles. The maximum Gasteiger partial charge on any atom is 0.328 e. The number of nitrogens with zero attached hydrogens (tertiary/aromatic N) is 3. The van der Waals surface area contributed by atoms with Gasteiger partial charge >= 0.3 is 5.97 Å². The van der Waals surface area contributed by atoms with Crippen molar-refractivity contribution in [1.29, 1.82) is 0 Å². The Morgan fingerprint density at radius 3 is 2.88 bits per heavy atom. The molecule has 1 aliphatic heterocycles. The predicted octanol–water partition coefficient (Wildman–Crippen LogP) is -0.696. The zero-order valence-corrected chi connectivity index (χ0v) is 9.12. The van der Waals surface area contributed by atoms with Crippen molar-refractivity contribution in [1.82, 2.24) is 15.0 Å². The van der Waals surface area contributed by atoms with Crippen molar-refractivity contribution in [3.8, 4) is 0 Å². The lowest BCUT2D eigenvalue weighted by molar-refractivity contribution is -0.147. The van der Waals surface area contributed by atoms with Gasteiger partial charge in [0.2, 0.25) is 5.89 Å². The highest BCUT2D eigenvalue weighted by atomic mass is 16.5. The van der Waals surface area contributed by atoms with E-state index in [1.807, 2.05) is 0 Å². The highest BCUT2D eigenvalue weighted by molar-refractivity contribution is 5.93. The predicted molar refractivity (Wildman–Crippen MR) is 52.3 cm³/mol. The molecule has 8 heteroatoms. The number of hydrogen-bond donors (Lipinski definition) is 1. The van der Waals surface area contributed by atoms with E-state index in [-0.39, 0.29) is 24.9 Å². The molecule has 92 valence electrons. The molecule has 1 atom stereocenters. The number of rotatable bonds is 2. The van der Waals surface area contributed by atoms with Crippen LogP contribution in [0.2, 0.25) is 0 Å². The minimum Gasteiger partial charge on any atom is -0.480 e. The third-order valence-electron chi connectivity index (χ3n) is 2.39. The van der Waals surface area contributed by atoms with Gasteiger partial charge in [-0.05, 0) is 0 Å². The summed E-state index contributed by atoms with van der Waals surface area (Å²) in [5, 5.41) is 12.4. The first-order chi connectivity index (χ1) is 8.09. The number of aliphatic carboxylic acids is 1. The lowest BCUT2D eigenvalue weighted by Gasteiger charge is -2.31. The van der Waals surface area contributed by atoms with Gasteiger partial charge in [-0.2, -0.15) is 4.98 Å². The number of aryl methyl sites for hydroxylation is 1. The average molecular weight is 241 g/mol. The van der Waals surface area contributed by atoms with Crippen molar-refractivity contribution in [2.24, 2.45) is 0 Å². The molecule has 1 N–H and O–H groups in total. The number of hydrogen-bond acceptors (Lipinski definition) is 6. The zero-order chi connectivity index (χ0) is 12.4. The Labute approximate surface area is 96.2 Å². The number of ether oxygens (including phenoxy) is 1. The second kappa shape index (κ2) is 4.50. The van der Waals surface area contributed by atoms with Crippen LogP contribution in [0.1, 0.15) is 16.5 Å². The van der Waals surface area contributed by atoms with E-state index in [0.29, 0.717) is 6.61 Å². The summed E-state index contributed by atoms with van der Waals surface area (Å²) in [5.74, 6) is -1.54. The fourth-order valence-corrected chi connectivity index (χ4v) is 1.57. The molecule has 2 rings (SSSR count). The van der Waals surface area contributed by atoms with E-state index < -0.39 is 17.9 Å². The number of morpholine rings is 1. The average Bonchev–Trinajstić information content (AvgIpc) is 2.75. The minimum atomic E-state index is -1.11. The van der Waals surface area contributed by atoms with Crippen molar-refractivity contribution in [3.63, 3.8) is 0 Å². The molecule has 0 aromatic carbocycles. The lowest BCUT2D eigenvalue weighted by Crippen LogP contribution is -2.52. The Morgan fingerprint density at radius 1 is 1.53 bits per heavy atom. The second-order valence-corrected chi connectivity index (χ2v) is 3.56. The molecule has 1 aromatic rings. The van der Waals surface area contributed by atoms with Crippen molar-refractivity contribution < 1.29 is 24.0 Å². The Bertz CT molecular complexity index is 444. The number of carbonyl (C=O) groups excluding carboxylic acids is 1. The third kappa shape index (κ3) is 2.26. The van der Waals surface area contributed by atoms with Crippen LogP contribution in [0.15, 0.2) is 4.52 Å². The quantitative estimate of drug-likeness (QED) is 0.729. The summed E-state index contributed by atoms with van der Waals surface area (Å²) in [5.41, 5.74) is 0. The molecule has 1 unspecified atom stereocenters. The van der Waals surface area contributed by atoms with Crippen LogP contribution in [0.4, 0.5) is 0 Å². The normalized spacial score (nSPS) is 20.3. The van der Waals surface area contributed by atoms with E-state index in [1.54, 1.807) is 6.92 Å². The molecule has 17 heavy (non-hydrogen) atoms. The van der Waals surface area contributed by atoms with Crippen LogP contribution in [0, 0.1) is 6.92 Å². The first-order valence-electron chi connectivity index (χ1n) is 5.01. The van der Waals surface area contributed by atoms with Crippen LogP contribution in [-0.4, -0.2) is 57.8 Å². The van der Waals surface area contributed by atoms with Crippen LogP contribution in [-0.2, 0) is 9.53 Å². The summed E-state index contributed by atoms with van der Waals surface area (Å²) in [6.45, 7) is 2.02. The summed E-state index contributed by atoms with van der Waals surface area (Å²) < 4.78 is 9.71. The van der Waals surface area contributed by atoms with Crippen LogP contribution >= 0.6 is 0 Å². The van der Waals surface area contributed by atoms with Gasteiger partial charge in [0.1, 0.15) is 0 Å². The lowest BCUT2D eigenvalue weighted by atomic mass is 10.2. The first kappa shape index (κ1) is 11.5. The van der Waals surface area contributed by atoms with E-state index in [9.17, 15) is 9.59 Å². The fraction of sp³-hybridized carbons (Fsp3) is 0.556. The highest BCUT2D eigenvalue weighted by Gasteiger charge is 2.35. The summed E-state index contributed by atoms with van der Waals surface area (Å²) in [6.07, 6.45) is 0. The number of aromatic nitrogens is 2. The van der Waals surface area contributed by atoms with Crippen molar-refractivity contribution >= 4 is 11.9 Å². The van der Waals surface area contributed by atoms with Crippen LogP contribution < -0.4 is 0 Å². The SMILES string of the molecule is Cc1nc(C(=O)N2CCOCC2C(=O)O)no1. The van der Waals surface area contributed by atoms with E-state index in [2.05, 4.69) is 14.7 Å². The van der Waals surface area contributed by atoms with Crippen molar-refractivity contribution in [2.45, 2.75) is 13.0 Å². The molecule has 1 fully saturated rings. The number of amides is 1. The topological polar surface area (TPSA) is 106 Å². The van der Waals surface area contributed by atoms with E-state index in [1.165, 1.54) is 4.90 Å². The molecule has 0 spiro atoms. The third-order valence-corrected chi connectivity index (χ3v) is 2.39. The second-order valence-electron chi connectivity index (χ2n) is 3.56. The molecule has 0 radical (unpaired) electrons. The van der Waals surface area contributed by atoms with Gasteiger partial charge in [0.15, 0.2) is 6.04 Å². The Kier molecular flexibility index (Phi) is 3.05. The molecule has 1 aliphatic rings.